The number of carbonyl (C=O) groups is 1. The van der Waals surface area contributed by atoms with Crippen LogP contribution in [0.3, 0.4) is 0 Å². The normalized spacial score (nSPS) is 12.1. The van der Waals surface area contributed by atoms with Crippen molar-refractivity contribution in [3.63, 3.8) is 0 Å². The lowest BCUT2D eigenvalue weighted by atomic mass is 10.1. The third-order valence-electron chi connectivity index (χ3n) is 4.66. The molecule has 0 unspecified atom stereocenters. The number of fused-ring (bicyclic) bond motifs is 1. The number of benzene rings is 1. The summed E-state index contributed by atoms with van der Waals surface area (Å²) in [5, 5.41) is 2.99. The molecule has 2 heterocycles. The largest absolute Gasteiger partial charge is 0.483 e. The molecule has 6 nitrogen and oxygen atoms in total. The van der Waals surface area contributed by atoms with Gasteiger partial charge in [-0.05, 0) is 56.5 Å². The van der Waals surface area contributed by atoms with Crippen LogP contribution in [0.15, 0.2) is 36.5 Å². The fourth-order valence-electron chi connectivity index (χ4n) is 3.12. The van der Waals surface area contributed by atoms with E-state index in [2.05, 4.69) is 26.8 Å². The number of nitrogens with zero attached hydrogens (tertiary/aromatic N) is 3. The predicted octanol–water partition coefficient (Wildman–Crippen LogP) is 3.71. The SMILES string of the molecule is CCCn1c([C@H](C)NC(=O)COc2cccc(C)c2C)nc2cccnc21. The summed E-state index contributed by atoms with van der Waals surface area (Å²) in [4.78, 5) is 21.5. The van der Waals surface area contributed by atoms with E-state index in [0.29, 0.717) is 0 Å². The number of imidazole rings is 1. The quantitative estimate of drug-likeness (QED) is 0.692. The number of carbonyl (C=O) groups excluding carboxylic acids is 1. The van der Waals surface area contributed by atoms with Crippen LogP contribution >= 0.6 is 0 Å². The van der Waals surface area contributed by atoms with E-state index in [9.17, 15) is 4.79 Å². The molecular weight excluding hydrogens is 340 g/mol. The molecule has 3 rings (SSSR count). The van der Waals surface area contributed by atoms with Crippen molar-refractivity contribution in [1.82, 2.24) is 19.9 Å². The van der Waals surface area contributed by atoms with Gasteiger partial charge in [0.15, 0.2) is 12.3 Å². The van der Waals surface area contributed by atoms with E-state index in [1.54, 1.807) is 6.20 Å². The molecule has 0 saturated carbocycles. The molecule has 6 heteroatoms. The Labute approximate surface area is 159 Å². The molecule has 0 aliphatic rings. The predicted molar refractivity (Wildman–Crippen MR) is 106 cm³/mol. The number of hydrogen-bond acceptors (Lipinski definition) is 4. The van der Waals surface area contributed by atoms with Crippen LogP contribution < -0.4 is 10.1 Å². The lowest BCUT2D eigenvalue weighted by molar-refractivity contribution is -0.123. The highest BCUT2D eigenvalue weighted by atomic mass is 16.5. The Kier molecular flexibility index (Phi) is 5.74. The highest BCUT2D eigenvalue weighted by Crippen LogP contribution is 2.21. The van der Waals surface area contributed by atoms with Gasteiger partial charge in [-0.15, -0.1) is 0 Å². The third-order valence-corrected chi connectivity index (χ3v) is 4.66. The Morgan fingerprint density at radius 1 is 1.26 bits per heavy atom. The molecule has 0 fully saturated rings. The van der Waals surface area contributed by atoms with Crippen LogP contribution in [0, 0.1) is 13.8 Å². The summed E-state index contributed by atoms with van der Waals surface area (Å²) in [6, 6.07) is 9.41. The van der Waals surface area contributed by atoms with Crippen LogP contribution in [0.1, 0.15) is 43.3 Å². The molecule has 0 spiro atoms. The number of ether oxygens (including phenoxy) is 1. The molecule has 2 aromatic heterocycles. The van der Waals surface area contributed by atoms with Crippen molar-refractivity contribution < 1.29 is 9.53 Å². The zero-order valence-corrected chi connectivity index (χ0v) is 16.3. The molecule has 1 atom stereocenters. The zero-order chi connectivity index (χ0) is 19.4. The van der Waals surface area contributed by atoms with Crippen LogP contribution in [0.25, 0.3) is 11.2 Å². The van der Waals surface area contributed by atoms with Gasteiger partial charge >= 0.3 is 0 Å². The number of aryl methyl sites for hydroxylation is 2. The second-order valence-corrected chi connectivity index (χ2v) is 6.74. The van der Waals surface area contributed by atoms with Crippen LogP contribution in [0.5, 0.6) is 5.75 Å². The number of amides is 1. The molecule has 0 aliphatic heterocycles. The van der Waals surface area contributed by atoms with E-state index in [-0.39, 0.29) is 18.6 Å². The minimum absolute atomic E-state index is 0.0269. The summed E-state index contributed by atoms with van der Waals surface area (Å²) < 4.78 is 7.78. The van der Waals surface area contributed by atoms with Gasteiger partial charge in [-0.2, -0.15) is 0 Å². The van der Waals surface area contributed by atoms with Crippen LogP contribution in [-0.4, -0.2) is 27.0 Å². The second-order valence-electron chi connectivity index (χ2n) is 6.74. The van der Waals surface area contributed by atoms with Gasteiger partial charge in [0.1, 0.15) is 17.1 Å². The summed E-state index contributed by atoms with van der Waals surface area (Å²) in [6.07, 6.45) is 2.73. The van der Waals surface area contributed by atoms with Crippen LogP contribution in [-0.2, 0) is 11.3 Å². The monoisotopic (exact) mass is 366 g/mol. The van der Waals surface area contributed by atoms with Gasteiger partial charge in [-0.25, -0.2) is 9.97 Å². The molecule has 0 radical (unpaired) electrons. The molecule has 1 aromatic carbocycles. The van der Waals surface area contributed by atoms with Gasteiger partial charge in [0, 0.05) is 12.7 Å². The van der Waals surface area contributed by atoms with Crippen molar-refractivity contribution in [3.05, 3.63) is 53.5 Å². The first-order chi connectivity index (χ1) is 13.0. The maximum Gasteiger partial charge on any atom is 0.258 e. The van der Waals surface area contributed by atoms with E-state index >= 15 is 0 Å². The number of aromatic nitrogens is 3. The number of rotatable bonds is 7. The van der Waals surface area contributed by atoms with Gasteiger partial charge in [-0.3, -0.25) is 4.79 Å². The Balaban J connectivity index is 1.70. The van der Waals surface area contributed by atoms with Crippen molar-refractivity contribution in [2.24, 2.45) is 0 Å². The van der Waals surface area contributed by atoms with E-state index in [0.717, 1.165) is 46.8 Å². The molecule has 0 aliphatic carbocycles. The Hall–Kier alpha value is -2.89. The van der Waals surface area contributed by atoms with Crippen molar-refractivity contribution in [2.45, 2.75) is 46.7 Å². The first-order valence-corrected chi connectivity index (χ1v) is 9.30. The summed E-state index contributed by atoms with van der Waals surface area (Å²) >= 11 is 0. The molecule has 142 valence electrons. The van der Waals surface area contributed by atoms with Crippen molar-refractivity contribution >= 4 is 17.1 Å². The first kappa shape index (κ1) is 18.9. The Morgan fingerprint density at radius 2 is 2.07 bits per heavy atom. The fourth-order valence-corrected chi connectivity index (χ4v) is 3.12. The van der Waals surface area contributed by atoms with E-state index < -0.39 is 0 Å². The highest BCUT2D eigenvalue weighted by molar-refractivity contribution is 5.78. The summed E-state index contributed by atoms with van der Waals surface area (Å²) in [7, 11) is 0. The van der Waals surface area contributed by atoms with Crippen LogP contribution in [0.2, 0.25) is 0 Å². The smallest absolute Gasteiger partial charge is 0.258 e. The van der Waals surface area contributed by atoms with E-state index in [1.165, 1.54) is 0 Å². The van der Waals surface area contributed by atoms with Crippen molar-refractivity contribution in [2.75, 3.05) is 6.61 Å². The second kappa shape index (κ2) is 8.20. The molecule has 0 saturated heterocycles. The lowest BCUT2D eigenvalue weighted by Crippen LogP contribution is -2.32. The molecule has 0 bridgehead atoms. The fraction of sp³-hybridized carbons (Fsp3) is 0.381. The van der Waals surface area contributed by atoms with E-state index in [1.807, 2.05) is 51.1 Å². The molecule has 3 aromatic rings. The van der Waals surface area contributed by atoms with Gasteiger partial charge in [0.2, 0.25) is 0 Å². The number of pyridine rings is 1. The molecule has 1 N–H and O–H groups in total. The lowest BCUT2D eigenvalue weighted by Gasteiger charge is -2.16. The number of hydrogen-bond donors (Lipinski definition) is 1. The molecule has 27 heavy (non-hydrogen) atoms. The van der Waals surface area contributed by atoms with Gasteiger partial charge in [-0.1, -0.05) is 19.1 Å². The van der Waals surface area contributed by atoms with Gasteiger partial charge in [0.05, 0.1) is 6.04 Å². The highest BCUT2D eigenvalue weighted by Gasteiger charge is 2.19. The minimum Gasteiger partial charge on any atom is -0.483 e. The van der Waals surface area contributed by atoms with Gasteiger partial charge in [0.25, 0.3) is 5.91 Å². The standard InChI is InChI=1S/C21H26N4O2/c1-5-12-25-20(24-17-9-7-11-22-21(17)25)16(4)23-19(26)13-27-18-10-6-8-14(2)15(18)3/h6-11,16H,5,12-13H2,1-4H3,(H,23,26)/t16-/m0/s1. The van der Waals surface area contributed by atoms with Crippen molar-refractivity contribution in [1.29, 1.82) is 0 Å². The number of nitrogens with one attached hydrogen (secondary N) is 1. The van der Waals surface area contributed by atoms with Crippen molar-refractivity contribution in [3.8, 4) is 5.75 Å². The van der Waals surface area contributed by atoms with Gasteiger partial charge < -0.3 is 14.6 Å². The first-order valence-electron chi connectivity index (χ1n) is 9.30. The minimum atomic E-state index is -0.236. The topological polar surface area (TPSA) is 69.0 Å². The summed E-state index contributed by atoms with van der Waals surface area (Å²) in [5.41, 5.74) is 3.88. The average Bonchev–Trinajstić information content (AvgIpc) is 3.02. The Bertz CT molecular complexity index is 949. The maximum absolute atomic E-state index is 12.4. The van der Waals surface area contributed by atoms with Crippen LogP contribution in [0.4, 0.5) is 0 Å². The van der Waals surface area contributed by atoms with E-state index in [4.69, 9.17) is 4.74 Å². The summed E-state index contributed by atoms with van der Waals surface area (Å²) in [5.74, 6) is 1.37. The third kappa shape index (κ3) is 4.10. The molecular formula is C21H26N4O2. The zero-order valence-electron chi connectivity index (χ0n) is 16.3. The average molecular weight is 366 g/mol. The Morgan fingerprint density at radius 3 is 2.85 bits per heavy atom. The summed E-state index contributed by atoms with van der Waals surface area (Å²) in [6.45, 7) is 8.84. The molecule has 1 amide bonds. The maximum atomic E-state index is 12.4.